The average molecular weight is 331 g/mol. The number of nitrogens with zero attached hydrogens (tertiary/aromatic N) is 1. The number of likely N-dealkylation sites (tertiary alicyclic amines) is 1. The maximum Gasteiger partial charge on any atom is 0.253 e. The molecule has 2 amide bonds. The molecule has 1 heterocycles. The molecule has 1 aliphatic heterocycles. The van der Waals surface area contributed by atoms with E-state index in [1.165, 1.54) is 0 Å². The Morgan fingerprint density at radius 2 is 1.88 bits per heavy atom. The molecular formula is C18H25N3O3. The lowest BCUT2D eigenvalue weighted by atomic mass is 10.1. The number of methoxy groups -OCH3 is 1. The molecule has 130 valence electrons. The SMILES string of the molecule is COC1CCN(CC(=O)Nc2ccccc2C(=O)NC2CC2)CC1. The Bertz CT molecular complexity index is 593. The van der Waals surface area contributed by atoms with Crippen LogP contribution in [0.1, 0.15) is 36.0 Å². The molecule has 1 saturated heterocycles. The lowest BCUT2D eigenvalue weighted by Gasteiger charge is -2.30. The van der Waals surface area contributed by atoms with Gasteiger partial charge >= 0.3 is 0 Å². The zero-order valence-corrected chi connectivity index (χ0v) is 14.1. The molecule has 0 unspecified atom stereocenters. The summed E-state index contributed by atoms with van der Waals surface area (Å²) in [6.07, 6.45) is 4.28. The lowest BCUT2D eigenvalue weighted by Crippen LogP contribution is -2.41. The van der Waals surface area contributed by atoms with Crippen LogP contribution in [0, 0.1) is 0 Å². The maximum absolute atomic E-state index is 12.3. The minimum absolute atomic E-state index is 0.0856. The Labute approximate surface area is 142 Å². The molecule has 0 atom stereocenters. The van der Waals surface area contributed by atoms with Crippen LogP contribution in [0.4, 0.5) is 5.69 Å². The average Bonchev–Trinajstić information content (AvgIpc) is 3.40. The highest BCUT2D eigenvalue weighted by Gasteiger charge is 2.25. The minimum atomic E-state index is -0.116. The maximum atomic E-state index is 12.3. The zero-order chi connectivity index (χ0) is 16.9. The first kappa shape index (κ1) is 16.9. The molecule has 1 aliphatic carbocycles. The Hall–Kier alpha value is -1.92. The number of benzene rings is 1. The first-order valence-corrected chi connectivity index (χ1v) is 8.60. The van der Waals surface area contributed by atoms with E-state index in [4.69, 9.17) is 4.74 Å². The summed E-state index contributed by atoms with van der Waals surface area (Å²) in [6.45, 7) is 2.06. The van der Waals surface area contributed by atoms with Crippen molar-refractivity contribution in [1.29, 1.82) is 0 Å². The van der Waals surface area contributed by atoms with Gasteiger partial charge in [0, 0.05) is 26.2 Å². The predicted molar refractivity (Wildman–Crippen MR) is 92.0 cm³/mol. The number of piperidine rings is 1. The Morgan fingerprint density at radius 1 is 1.17 bits per heavy atom. The van der Waals surface area contributed by atoms with Crippen molar-refractivity contribution >= 4 is 17.5 Å². The van der Waals surface area contributed by atoms with E-state index in [0.29, 0.717) is 29.9 Å². The van der Waals surface area contributed by atoms with E-state index < -0.39 is 0 Å². The smallest absolute Gasteiger partial charge is 0.253 e. The molecule has 2 N–H and O–H groups in total. The number of carbonyl (C=O) groups excluding carboxylic acids is 2. The molecule has 0 spiro atoms. The van der Waals surface area contributed by atoms with Gasteiger partial charge in [-0.3, -0.25) is 14.5 Å². The van der Waals surface area contributed by atoms with Crippen LogP contribution in [0.2, 0.25) is 0 Å². The molecular weight excluding hydrogens is 306 g/mol. The summed E-state index contributed by atoms with van der Waals surface area (Å²) in [5.74, 6) is -0.202. The number of amides is 2. The van der Waals surface area contributed by atoms with Gasteiger partial charge in [-0.25, -0.2) is 0 Å². The van der Waals surface area contributed by atoms with Crippen molar-refractivity contribution in [2.75, 3.05) is 32.1 Å². The van der Waals surface area contributed by atoms with Crippen molar-refractivity contribution < 1.29 is 14.3 Å². The largest absolute Gasteiger partial charge is 0.381 e. The highest BCUT2D eigenvalue weighted by Crippen LogP contribution is 2.21. The molecule has 0 radical (unpaired) electrons. The van der Waals surface area contributed by atoms with Gasteiger partial charge in [-0.2, -0.15) is 0 Å². The first-order chi connectivity index (χ1) is 11.7. The Balaban J connectivity index is 1.55. The fraction of sp³-hybridized carbons (Fsp3) is 0.556. The fourth-order valence-electron chi connectivity index (χ4n) is 2.98. The van der Waals surface area contributed by atoms with Crippen molar-refractivity contribution in [3.05, 3.63) is 29.8 Å². The minimum Gasteiger partial charge on any atom is -0.381 e. The van der Waals surface area contributed by atoms with Crippen LogP contribution in [-0.2, 0) is 9.53 Å². The van der Waals surface area contributed by atoms with E-state index in [9.17, 15) is 9.59 Å². The van der Waals surface area contributed by atoms with Crippen LogP contribution in [0.25, 0.3) is 0 Å². The molecule has 2 fully saturated rings. The molecule has 6 nitrogen and oxygen atoms in total. The summed E-state index contributed by atoms with van der Waals surface area (Å²) in [7, 11) is 1.73. The molecule has 0 bridgehead atoms. The highest BCUT2D eigenvalue weighted by atomic mass is 16.5. The number of ether oxygens (including phenoxy) is 1. The summed E-state index contributed by atoms with van der Waals surface area (Å²) in [6, 6.07) is 7.46. The monoisotopic (exact) mass is 331 g/mol. The molecule has 24 heavy (non-hydrogen) atoms. The van der Waals surface area contributed by atoms with Gasteiger partial charge in [0.2, 0.25) is 5.91 Å². The van der Waals surface area contributed by atoms with Gasteiger partial charge in [0.1, 0.15) is 0 Å². The second-order valence-corrected chi connectivity index (χ2v) is 6.55. The number of para-hydroxylation sites is 1. The van der Waals surface area contributed by atoms with Crippen LogP contribution < -0.4 is 10.6 Å². The molecule has 2 aliphatic rings. The third kappa shape index (κ3) is 4.55. The summed E-state index contributed by atoms with van der Waals surface area (Å²) in [5, 5.41) is 5.85. The quantitative estimate of drug-likeness (QED) is 0.831. The van der Waals surface area contributed by atoms with Gasteiger partial charge < -0.3 is 15.4 Å². The molecule has 3 rings (SSSR count). The van der Waals surface area contributed by atoms with E-state index in [1.807, 2.05) is 12.1 Å². The molecule has 6 heteroatoms. The van der Waals surface area contributed by atoms with Crippen LogP contribution in [0.5, 0.6) is 0 Å². The second kappa shape index (κ2) is 7.77. The van der Waals surface area contributed by atoms with Gasteiger partial charge in [0.15, 0.2) is 0 Å². The number of rotatable bonds is 6. The highest BCUT2D eigenvalue weighted by molar-refractivity contribution is 6.04. The number of carbonyl (C=O) groups is 2. The van der Waals surface area contributed by atoms with E-state index in [2.05, 4.69) is 15.5 Å². The third-order valence-electron chi connectivity index (χ3n) is 4.59. The van der Waals surface area contributed by atoms with Crippen LogP contribution in [0.3, 0.4) is 0 Å². The number of anilines is 1. The van der Waals surface area contributed by atoms with Crippen LogP contribution >= 0.6 is 0 Å². The molecule has 1 aromatic rings. The zero-order valence-electron chi connectivity index (χ0n) is 14.1. The van der Waals surface area contributed by atoms with Gasteiger partial charge in [-0.05, 0) is 37.8 Å². The molecule has 1 saturated carbocycles. The Kier molecular flexibility index (Phi) is 5.48. The summed E-state index contributed by atoms with van der Waals surface area (Å²) >= 11 is 0. The molecule has 0 aromatic heterocycles. The third-order valence-corrected chi connectivity index (χ3v) is 4.59. The predicted octanol–water partition coefficient (Wildman–Crippen LogP) is 1.63. The normalized spacial score (nSPS) is 19.0. The van der Waals surface area contributed by atoms with Crippen LogP contribution in [0.15, 0.2) is 24.3 Å². The number of nitrogens with one attached hydrogen (secondary N) is 2. The summed E-state index contributed by atoms with van der Waals surface area (Å²) < 4.78 is 5.35. The first-order valence-electron chi connectivity index (χ1n) is 8.60. The van der Waals surface area contributed by atoms with E-state index in [-0.39, 0.29) is 11.8 Å². The summed E-state index contributed by atoms with van der Waals surface area (Å²) in [4.78, 5) is 26.7. The summed E-state index contributed by atoms with van der Waals surface area (Å²) in [5.41, 5.74) is 1.10. The fourth-order valence-corrected chi connectivity index (χ4v) is 2.98. The van der Waals surface area contributed by atoms with Crippen molar-refractivity contribution in [1.82, 2.24) is 10.2 Å². The molecule has 1 aromatic carbocycles. The van der Waals surface area contributed by atoms with E-state index in [1.54, 1.807) is 19.2 Å². The topological polar surface area (TPSA) is 70.7 Å². The van der Waals surface area contributed by atoms with E-state index >= 15 is 0 Å². The Morgan fingerprint density at radius 3 is 2.54 bits per heavy atom. The second-order valence-electron chi connectivity index (χ2n) is 6.55. The van der Waals surface area contributed by atoms with Crippen molar-refractivity contribution in [2.45, 2.75) is 37.8 Å². The number of hydrogen-bond donors (Lipinski definition) is 2. The van der Waals surface area contributed by atoms with Crippen molar-refractivity contribution in [2.24, 2.45) is 0 Å². The standard InChI is InChI=1S/C18H25N3O3/c1-24-14-8-10-21(11-9-14)12-17(22)20-16-5-3-2-4-15(16)18(23)19-13-6-7-13/h2-5,13-14H,6-12H2,1H3,(H,19,23)(H,20,22). The lowest BCUT2D eigenvalue weighted by molar-refractivity contribution is -0.117. The number of hydrogen-bond acceptors (Lipinski definition) is 4. The van der Waals surface area contributed by atoms with Crippen molar-refractivity contribution in [3.63, 3.8) is 0 Å². The van der Waals surface area contributed by atoms with Gasteiger partial charge in [-0.1, -0.05) is 12.1 Å². The van der Waals surface area contributed by atoms with Gasteiger partial charge in [-0.15, -0.1) is 0 Å². The van der Waals surface area contributed by atoms with Crippen LogP contribution in [-0.4, -0.2) is 55.6 Å². The van der Waals surface area contributed by atoms with Gasteiger partial charge in [0.05, 0.1) is 23.9 Å². The van der Waals surface area contributed by atoms with Crippen molar-refractivity contribution in [3.8, 4) is 0 Å². The van der Waals surface area contributed by atoms with E-state index in [0.717, 1.165) is 38.8 Å². The van der Waals surface area contributed by atoms with Gasteiger partial charge in [0.25, 0.3) is 5.91 Å².